The van der Waals surface area contributed by atoms with Crippen LogP contribution in [0.2, 0.25) is 0 Å². The fourth-order valence-electron chi connectivity index (χ4n) is 3.56. The molecule has 2 rings (SSSR count). The van der Waals surface area contributed by atoms with E-state index in [4.69, 9.17) is 0 Å². The van der Waals surface area contributed by atoms with Crippen molar-refractivity contribution < 1.29 is 0 Å². The number of aryl methyl sites for hydroxylation is 2. The van der Waals surface area contributed by atoms with Crippen molar-refractivity contribution in [2.24, 2.45) is 0 Å². The van der Waals surface area contributed by atoms with Crippen LogP contribution in [-0.4, -0.2) is 0 Å². The Morgan fingerprint density at radius 2 is 0.714 bits per heavy atom. The van der Waals surface area contributed by atoms with Gasteiger partial charge in [-0.05, 0) is 83.7 Å². The zero-order valence-electron chi connectivity index (χ0n) is 18.3. The topological polar surface area (TPSA) is 0 Å². The minimum absolute atomic E-state index is 0. The molecule has 2 aromatic rings. The highest BCUT2D eigenvalue weighted by atomic mass is 14.2. The standard InChI is InChI=1S/C20H28.2C2H6.4CH4/c1-11(2)19-15(7)16(8)20(12(3)4)18-10-14(6)13(5)9-17(18)19;2*1-2;;;;/h9-12H,1-8H3;2*1-2H3;4*1H4. The Morgan fingerprint density at radius 3 is 0.893 bits per heavy atom. The van der Waals surface area contributed by atoms with E-state index in [1.165, 1.54) is 44.2 Å². The van der Waals surface area contributed by atoms with Gasteiger partial charge in [0.2, 0.25) is 0 Å². The summed E-state index contributed by atoms with van der Waals surface area (Å²) in [6, 6.07) is 4.80. The first-order valence-corrected chi connectivity index (χ1v) is 9.79. The third-order valence-corrected chi connectivity index (χ3v) is 4.74. The largest absolute Gasteiger partial charge is 0.0776 e. The minimum Gasteiger partial charge on any atom is -0.0776 e. The van der Waals surface area contributed by atoms with Crippen molar-refractivity contribution in [2.75, 3.05) is 0 Å². The molecule has 0 N–H and O–H groups in total. The summed E-state index contributed by atoms with van der Waals surface area (Å²) in [5.41, 5.74) is 8.84. The number of benzene rings is 2. The fourth-order valence-corrected chi connectivity index (χ4v) is 3.56. The van der Waals surface area contributed by atoms with E-state index in [1.54, 1.807) is 0 Å². The molecule has 2 aromatic carbocycles. The molecule has 0 aliphatic rings. The highest BCUT2D eigenvalue weighted by Gasteiger charge is 2.18. The van der Waals surface area contributed by atoms with E-state index in [9.17, 15) is 0 Å². The summed E-state index contributed by atoms with van der Waals surface area (Å²) in [6.45, 7) is 26.3. The van der Waals surface area contributed by atoms with Gasteiger partial charge in [0, 0.05) is 0 Å². The first-order chi connectivity index (χ1) is 11.3. The summed E-state index contributed by atoms with van der Waals surface area (Å²) >= 11 is 0. The molecule has 0 atom stereocenters. The van der Waals surface area contributed by atoms with E-state index in [1.807, 2.05) is 27.7 Å². The van der Waals surface area contributed by atoms with E-state index >= 15 is 0 Å². The zero-order chi connectivity index (χ0) is 19.2. The number of rotatable bonds is 2. The minimum atomic E-state index is 0. The van der Waals surface area contributed by atoms with Crippen molar-refractivity contribution in [1.29, 1.82) is 0 Å². The summed E-state index contributed by atoms with van der Waals surface area (Å²) in [5.74, 6) is 1.14. The van der Waals surface area contributed by atoms with Crippen LogP contribution in [0.5, 0.6) is 0 Å². The highest BCUT2D eigenvalue weighted by Crippen LogP contribution is 2.38. The molecule has 0 fully saturated rings. The Labute approximate surface area is 181 Å². The first kappa shape index (κ1) is 37.5. The van der Waals surface area contributed by atoms with Crippen molar-refractivity contribution in [3.8, 4) is 0 Å². The van der Waals surface area contributed by atoms with Crippen molar-refractivity contribution >= 4 is 10.8 Å². The maximum Gasteiger partial charge on any atom is -0.0141 e. The number of fused-ring (bicyclic) bond motifs is 1. The van der Waals surface area contributed by atoms with Crippen LogP contribution in [0.25, 0.3) is 10.8 Å². The smallest absolute Gasteiger partial charge is 0.0141 e. The van der Waals surface area contributed by atoms with E-state index < -0.39 is 0 Å². The normalized spacial score (nSPS) is 8.93. The molecule has 0 nitrogen and oxygen atoms in total. The van der Waals surface area contributed by atoms with Crippen molar-refractivity contribution in [1.82, 2.24) is 0 Å². The van der Waals surface area contributed by atoms with E-state index in [0.29, 0.717) is 11.8 Å². The van der Waals surface area contributed by atoms with Gasteiger partial charge in [-0.1, -0.05) is 97.2 Å². The van der Waals surface area contributed by atoms with Gasteiger partial charge in [0.05, 0.1) is 0 Å². The van der Waals surface area contributed by atoms with Crippen LogP contribution in [0.4, 0.5) is 0 Å². The van der Waals surface area contributed by atoms with E-state index in [-0.39, 0.29) is 29.7 Å². The molecular weight excluding hydrogens is 336 g/mol. The summed E-state index contributed by atoms with van der Waals surface area (Å²) in [4.78, 5) is 0. The second-order valence-corrected chi connectivity index (χ2v) is 6.87. The van der Waals surface area contributed by atoms with Gasteiger partial charge in [0.25, 0.3) is 0 Å². The molecule has 0 aliphatic carbocycles. The molecular formula is C28H56. The summed E-state index contributed by atoms with van der Waals surface area (Å²) < 4.78 is 0. The molecule has 0 unspecified atom stereocenters. The van der Waals surface area contributed by atoms with Crippen LogP contribution in [0, 0.1) is 27.7 Å². The van der Waals surface area contributed by atoms with Gasteiger partial charge in [-0.2, -0.15) is 0 Å². The second kappa shape index (κ2) is 16.6. The Kier molecular flexibility index (Phi) is 22.3. The van der Waals surface area contributed by atoms with E-state index in [2.05, 4.69) is 67.5 Å². The Hall–Kier alpha value is -1.30. The molecule has 0 heteroatoms. The number of hydrogen-bond donors (Lipinski definition) is 0. The predicted molar refractivity (Wildman–Crippen MR) is 141 cm³/mol. The molecule has 168 valence electrons. The monoisotopic (exact) mass is 392 g/mol. The first-order valence-electron chi connectivity index (χ1n) is 9.79. The van der Waals surface area contributed by atoms with Gasteiger partial charge in [0.15, 0.2) is 0 Å². The molecule has 0 bridgehead atoms. The van der Waals surface area contributed by atoms with Crippen molar-refractivity contribution in [3.63, 3.8) is 0 Å². The maximum absolute atomic E-state index is 2.40. The van der Waals surface area contributed by atoms with Gasteiger partial charge < -0.3 is 0 Å². The van der Waals surface area contributed by atoms with Gasteiger partial charge >= 0.3 is 0 Å². The lowest BCUT2D eigenvalue weighted by molar-refractivity contribution is 0.840. The fraction of sp³-hybridized carbons (Fsp3) is 0.643. The average molecular weight is 393 g/mol. The summed E-state index contributed by atoms with van der Waals surface area (Å²) in [6.07, 6.45) is 0. The Bertz CT molecular complexity index is 599. The third-order valence-electron chi connectivity index (χ3n) is 4.74. The molecule has 0 amide bonds. The quantitative estimate of drug-likeness (QED) is 0.476. The average Bonchev–Trinajstić information content (AvgIpc) is 2.54. The lowest BCUT2D eigenvalue weighted by Crippen LogP contribution is -2.04. The maximum atomic E-state index is 2.40. The molecule has 0 aliphatic heterocycles. The molecule has 28 heavy (non-hydrogen) atoms. The molecule has 0 spiro atoms. The third kappa shape index (κ3) is 7.61. The molecule has 0 heterocycles. The van der Waals surface area contributed by atoms with Crippen LogP contribution in [0.1, 0.15) is 130 Å². The molecule has 0 radical (unpaired) electrons. The Balaban J connectivity index is -0.000000207. The predicted octanol–water partition coefficient (Wildman–Crippen LogP) is 10.9. The van der Waals surface area contributed by atoms with E-state index in [0.717, 1.165) is 0 Å². The summed E-state index contributed by atoms with van der Waals surface area (Å²) in [5, 5.41) is 2.94. The van der Waals surface area contributed by atoms with Gasteiger partial charge in [-0.25, -0.2) is 0 Å². The van der Waals surface area contributed by atoms with Crippen molar-refractivity contribution in [3.05, 3.63) is 45.5 Å². The second-order valence-electron chi connectivity index (χ2n) is 6.87. The van der Waals surface area contributed by atoms with Crippen molar-refractivity contribution in [2.45, 2.75) is 125 Å². The van der Waals surface area contributed by atoms with Crippen LogP contribution in [0.3, 0.4) is 0 Å². The lowest BCUT2D eigenvalue weighted by Gasteiger charge is -2.23. The van der Waals surface area contributed by atoms with Crippen LogP contribution in [0.15, 0.2) is 12.1 Å². The lowest BCUT2D eigenvalue weighted by atomic mass is 9.81. The molecule has 0 saturated carbocycles. The van der Waals surface area contributed by atoms with Crippen LogP contribution in [-0.2, 0) is 0 Å². The molecule has 0 aromatic heterocycles. The van der Waals surface area contributed by atoms with Gasteiger partial charge in [0.1, 0.15) is 0 Å². The SMILES string of the molecule is C.C.C.C.CC.CC.Cc1cc2c(C(C)C)c(C)c(C)c(C(C)C)c2cc1C. The zero-order valence-corrected chi connectivity index (χ0v) is 18.3. The summed E-state index contributed by atoms with van der Waals surface area (Å²) in [7, 11) is 0. The van der Waals surface area contributed by atoms with Crippen LogP contribution >= 0.6 is 0 Å². The van der Waals surface area contributed by atoms with Crippen LogP contribution < -0.4 is 0 Å². The van der Waals surface area contributed by atoms with Gasteiger partial charge in [-0.3, -0.25) is 0 Å². The Morgan fingerprint density at radius 1 is 0.500 bits per heavy atom. The highest BCUT2D eigenvalue weighted by molar-refractivity contribution is 5.93. The van der Waals surface area contributed by atoms with Gasteiger partial charge in [-0.15, -0.1) is 0 Å². The molecule has 0 saturated heterocycles. The number of hydrogen-bond acceptors (Lipinski definition) is 0.